The molecular weight excluding hydrogens is 399 g/mol. The topological polar surface area (TPSA) is 52.9 Å². The van der Waals surface area contributed by atoms with Gasteiger partial charge < -0.3 is 5.11 Å². The van der Waals surface area contributed by atoms with Gasteiger partial charge >= 0.3 is 0 Å². The van der Waals surface area contributed by atoms with Crippen molar-refractivity contribution in [3.05, 3.63) is 100 Å². The zero-order valence-electron chi connectivity index (χ0n) is 16.2. The molecule has 1 amide bonds. The predicted molar refractivity (Wildman–Crippen MR) is 120 cm³/mol. The number of anilines is 1. The van der Waals surface area contributed by atoms with Crippen LogP contribution in [0.15, 0.2) is 82.7 Å². The molecular formula is C24H19FN2O2S. The molecule has 0 aromatic heterocycles. The molecule has 1 aliphatic rings. The zero-order valence-corrected chi connectivity index (χ0v) is 17.1. The first-order valence-corrected chi connectivity index (χ1v) is 10.2. The number of nitrogens with zero attached hydrogens (tertiary/aromatic N) is 2. The van der Waals surface area contributed by atoms with Gasteiger partial charge in [0.15, 0.2) is 5.17 Å². The van der Waals surface area contributed by atoms with Crippen molar-refractivity contribution in [2.75, 3.05) is 4.90 Å². The molecule has 1 fully saturated rings. The maximum Gasteiger partial charge on any atom is 0.271 e. The number of aryl methyl sites for hydroxylation is 1. The minimum Gasteiger partial charge on any atom is -0.392 e. The van der Waals surface area contributed by atoms with Crippen molar-refractivity contribution in [3.8, 4) is 0 Å². The van der Waals surface area contributed by atoms with E-state index < -0.39 is 0 Å². The number of carbonyl (C=O) groups is 1. The summed E-state index contributed by atoms with van der Waals surface area (Å²) in [5.41, 5.74) is 4.04. The van der Waals surface area contributed by atoms with Crippen molar-refractivity contribution in [3.63, 3.8) is 0 Å². The first kappa shape index (κ1) is 20.1. The number of amidine groups is 1. The van der Waals surface area contributed by atoms with Crippen LogP contribution in [0.25, 0.3) is 6.08 Å². The van der Waals surface area contributed by atoms with Crippen LogP contribution in [-0.4, -0.2) is 16.2 Å². The van der Waals surface area contributed by atoms with Crippen LogP contribution in [0.5, 0.6) is 0 Å². The first-order chi connectivity index (χ1) is 14.5. The first-order valence-electron chi connectivity index (χ1n) is 9.38. The van der Waals surface area contributed by atoms with E-state index in [1.807, 2.05) is 61.5 Å². The second-order valence-corrected chi connectivity index (χ2v) is 7.87. The lowest BCUT2D eigenvalue weighted by Crippen LogP contribution is -2.28. The Morgan fingerprint density at radius 1 is 1.00 bits per heavy atom. The number of aliphatic hydroxyl groups excluding tert-OH is 1. The zero-order chi connectivity index (χ0) is 21.1. The van der Waals surface area contributed by atoms with Gasteiger partial charge in [-0.3, -0.25) is 9.69 Å². The molecule has 3 aromatic carbocycles. The largest absolute Gasteiger partial charge is 0.392 e. The number of hydrogen-bond donors (Lipinski definition) is 1. The highest BCUT2D eigenvalue weighted by Crippen LogP contribution is 2.37. The third-order valence-corrected chi connectivity index (χ3v) is 5.58. The Balaban J connectivity index is 1.74. The third kappa shape index (κ3) is 4.35. The van der Waals surface area contributed by atoms with Crippen LogP contribution in [0.4, 0.5) is 15.8 Å². The van der Waals surface area contributed by atoms with Crippen molar-refractivity contribution in [1.29, 1.82) is 0 Å². The third-order valence-electron chi connectivity index (χ3n) is 4.61. The summed E-state index contributed by atoms with van der Waals surface area (Å²) in [6, 6.07) is 20.9. The van der Waals surface area contributed by atoms with Crippen molar-refractivity contribution in [2.24, 2.45) is 4.99 Å². The Labute approximate surface area is 178 Å². The Hall–Kier alpha value is -3.22. The van der Waals surface area contributed by atoms with Gasteiger partial charge in [0.2, 0.25) is 0 Å². The summed E-state index contributed by atoms with van der Waals surface area (Å²) < 4.78 is 13.3. The van der Waals surface area contributed by atoms with Gasteiger partial charge in [0.1, 0.15) is 5.82 Å². The van der Waals surface area contributed by atoms with E-state index >= 15 is 0 Å². The minimum absolute atomic E-state index is 0.0276. The van der Waals surface area contributed by atoms with Crippen LogP contribution in [0.2, 0.25) is 0 Å². The van der Waals surface area contributed by atoms with Gasteiger partial charge in [-0.2, -0.15) is 0 Å². The molecule has 0 radical (unpaired) electrons. The van der Waals surface area contributed by atoms with Crippen LogP contribution in [0.3, 0.4) is 0 Å². The van der Waals surface area contributed by atoms with Crippen LogP contribution in [-0.2, 0) is 11.4 Å². The van der Waals surface area contributed by atoms with Crippen LogP contribution in [0.1, 0.15) is 16.7 Å². The van der Waals surface area contributed by atoms with E-state index in [0.717, 1.165) is 22.4 Å². The molecule has 4 rings (SSSR count). The van der Waals surface area contributed by atoms with Gasteiger partial charge in [0, 0.05) is 0 Å². The normalized spacial score (nSPS) is 16.6. The molecule has 4 nitrogen and oxygen atoms in total. The lowest BCUT2D eigenvalue weighted by atomic mass is 10.1. The summed E-state index contributed by atoms with van der Waals surface area (Å²) in [5.74, 6) is -0.507. The van der Waals surface area contributed by atoms with E-state index in [2.05, 4.69) is 4.99 Å². The summed E-state index contributed by atoms with van der Waals surface area (Å²) in [5, 5.41) is 9.72. The molecule has 1 heterocycles. The highest BCUT2D eigenvalue weighted by Gasteiger charge is 2.34. The Morgan fingerprint density at radius 3 is 2.30 bits per heavy atom. The fourth-order valence-electron chi connectivity index (χ4n) is 2.97. The molecule has 1 N–H and O–H groups in total. The average Bonchev–Trinajstić information content (AvgIpc) is 3.05. The summed E-state index contributed by atoms with van der Waals surface area (Å²) in [4.78, 5) is 19.9. The number of thioether (sulfide) groups is 1. The molecule has 0 unspecified atom stereocenters. The predicted octanol–water partition coefficient (Wildman–Crippen LogP) is 5.44. The summed E-state index contributed by atoms with van der Waals surface area (Å²) >= 11 is 1.27. The van der Waals surface area contributed by atoms with Crippen molar-refractivity contribution >= 4 is 40.3 Å². The molecule has 30 heavy (non-hydrogen) atoms. The Morgan fingerprint density at radius 2 is 1.67 bits per heavy atom. The van der Waals surface area contributed by atoms with E-state index in [1.54, 1.807) is 17.0 Å². The van der Waals surface area contributed by atoms with Crippen LogP contribution < -0.4 is 4.90 Å². The SMILES string of the molecule is Cc1ccc(N2C(=O)/C(=C/c3ccc(CO)cc3)SC2=Nc2ccc(F)cc2)cc1. The molecule has 0 bridgehead atoms. The van der Waals surface area contributed by atoms with Crippen molar-refractivity contribution in [1.82, 2.24) is 0 Å². The van der Waals surface area contributed by atoms with Crippen molar-refractivity contribution in [2.45, 2.75) is 13.5 Å². The Kier molecular flexibility index (Phi) is 5.79. The van der Waals surface area contributed by atoms with Gasteiger partial charge in [-0.25, -0.2) is 9.38 Å². The Bertz CT molecular complexity index is 1120. The quantitative estimate of drug-likeness (QED) is 0.575. The fraction of sp³-hybridized carbons (Fsp3) is 0.0833. The average molecular weight is 418 g/mol. The maximum atomic E-state index is 13.3. The summed E-state index contributed by atoms with van der Waals surface area (Å²) in [6.45, 7) is 1.96. The van der Waals surface area contributed by atoms with Crippen molar-refractivity contribution < 1.29 is 14.3 Å². The lowest BCUT2D eigenvalue weighted by molar-refractivity contribution is -0.113. The molecule has 150 valence electrons. The molecule has 0 saturated carbocycles. The highest BCUT2D eigenvalue weighted by atomic mass is 32.2. The number of halogens is 1. The molecule has 6 heteroatoms. The number of amides is 1. The maximum absolute atomic E-state index is 13.3. The standard InChI is InChI=1S/C24H19FN2O2S/c1-16-2-12-21(13-3-16)27-23(29)22(14-17-4-6-18(15-28)7-5-17)30-24(27)26-20-10-8-19(25)9-11-20/h2-14,28H,15H2,1H3/b22-14-,26-24?. The molecule has 0 atom stereocenters. The van der Waals surface area contributed by atoms with E-state index in [1.165, 1.54) is 23.9 Å². The molecule has 0 aliphatic carbocycles. The van der Waals surface area contributed by atoms with E-state index in [0.29, 0.717) is 15.8 Å². The van der Waals surface area contributed by atoms with Crippen LogP contribution in [0, 0.1) is 12.7 Å². The lowest BCUT2D eigenvalue weighted by Gasteiger charge is -2.16. The number of aliphatic hydroxyl groups is 1. The molecule has 0 spiro atoms. The second-order valence-electron chi connectivity index (χ2n) is 6.86. The number of hydrogen-bond acceptors (Lipinski definition) is 4. The minimum atomic E-state index is -0.337. The number of benzene rings is 3. The van der Waals surface area contributed by atoms with Crippen LogP contribution >= 0.6 is 11.8 Å². The molecule has 1 aliphatic heterocycles. The van der Waals surface area contributed by atoms with E-state index in [9.17, 15) is 14.3 Å². The van der Waals surface area contributed by atoms with E-state index in [-0.39, 0.29) is 18.3 Å². The smallest absolute Gasteiger partial charge is 0.271 e. The molecule has 3 aromatic rings. The van der Waals surface area contributed by atoms with Gasteiger partial charge in [-0.15, -0.1) is 0 Å². The number of rotatable bonds is 4. The van der Waals surface area contributed by atoms with Gasteiger partial charge in [-0.05, 0) is 72.3 Å². The summed E-state index contributed by atoms with van der Waals surface area (Å²) in [6.07, 6.45) is 1.81. The molecule has 1 saturated heterocycles. The van der Waals surface area contributed by atoms with Gasteiger partial charge in [-0.1, -0.05) is 42.0 Å². The van der Waals surface area contributed by atoms with E-state index in [4.69, 9.17) is 0 Å². The van der Waals surface area contributed by atoms with Gasteiger partial charge in [0.05, 0.1) is 22.9 Å². The number of aliphatic imine (C=N–C) groups is 1. The summed E-state index contributed by atoms with van der Waals surface area (Å²) in [7, 11) is 0. The highest BCUT2D eigenvalue weighted by molar-refractivity contribution is 8.19. The van der Waals surface area contributed by atoms with Gasteiger partial charge in [0.25, 0.3) is 5.91 Å². The fourth-order valence-corrected chi connectivity index (χ4v) is 3.97. The monoisotopic (exact) mass is 418 g/mol. The number of carbonyl (C=O) groups excluding carboxylic acids is 1. The second kappa shape index (κ2) is 8.65.